The number of ether oxygens (including phenoxy) is 8. The molecule has 4 aromatic heterocycles. The van der Waals surface area contributed by atoms with Crippen LogP contribution in [0.3, 0.4) is 0 Å². The molecule has 4 amide bonds. The van der Waals surface area contributed by atoms with Gasteiger partial charge in [0.2, 0.25) is 0 Å². The normalized spacial score (nSPS) is 20.3. The lowest BCUT2D eigenvalue weighted by molar-refractivity contribution is -0.0796. The summed E-state index contributed by atoms with van der Waals surface area (Å²) in [6.07, 6.45) is 10.8. The first-order chi connectivity index (χ1) is 50.4. The lowest BCUT2D eigenvalue weighted by Crippen LogP contribution is -2.62. The van der Waals surface area contributed by atoms with Gasteiger partial charge < -0.3 is 47.7 Å². The second kappa shape index (κ2) is 34.2. The topological polar surface area (TPSA) is 185 Å². The van der Waals surface area contributed by atoms with E-state index in [0.29, 0.717) is 102 Å². The van der Waals surface area contributed by atoms with Crippen molar-refractivity contribution >= 4 is 12.1 Å². The van der Waals surface area contributed by atoms with Crippen molar-refractivity contribution in [2.75, 3.05) is 158 Å². The van der Waals surface area contributed by atoms with Crippen molar-refractivity contribution in [3.8, 4) is 23.0 Å². The first-order valence-corrected chi connectivity index (χ1v) is 36.3. The number of hydrogen-bond acceptors (Lipinski definition) is 18. The summed E-state index contributed by atoms with van der Waals surface area (Å²) in [7, 11) is 0. The number of carbonyl (C=O) groups is 2. The summed E-state index contributed by atoms with van der Waals surface area (Å²) in [6, 6.07) is 51.7. The van der Waals surface area contributed by atoms with Gasteiger partial charge in [-0.25, -0.2) is 9.59 Å². The highest BCUT2D eigenvalue weighted by Crippen LogP contribution is 2.66. The van der Waals surface area contributed by atoms with E-state index in [0.717, 1.165) is 134 Å². The maximum Gasteiger partial charge on any atom is 0.325 e. The molecule has 6 aliphatic heterocycles. The molecule has 8 bridgehead atoms. The van der Waals surface area contributed by atoms with Crippen LogP contribution < -0.4 is 18.9 Å². The predicted molar refractivity (Wildman–Crippen MR) is 385 cm³/mol. The molecule has 14 rings (SSSR count). The van der Waals surface area contributed by atoms with E-state index in [9.17, 15) is 0 Å². The van der Waals surface area contributed by atoms with Crippen molar-refractivity contribution < 1.29 is 47.5 Å². The van der Waals surface area contributed by atoms with Crippen LogP contribution in [-0.2, 0) is 82.1 Å². The van der Waals surface area contributed by atoms with Crippen LogP contribution >= 0.6 is 0 Å². The summed E-state index contributed by atoms with van der Waals surface area (Å²) >= 11 is 0. The van der Waals surface area contributed by atoms with Crippen molar-refractivity contribution in [3.05, 3.63) is 239 Å². The molecule has 4 aromatic carbocycles. The molecule has 0 N–H and O–H groups in total. The Kier molecular flexibility index (Phi) is 23.5. The number of rotatable bonds is 20. The SMILES string of the molecule is O=C1N2Cc3c4ccc5c3CN3C(=O)N6Cc7c(ccc(c7CN1C6(c1ccccc1)C23c1ccccc1)OCCOCCN(CCN(CCc1ccccn1)CCc1ccccn1)CCOCCO4)OCCOCCN(CCN(CCc1ccccn1)CCc1ccccn1)CCOCCO5. The molecule has 0 saturated carbocycles. The van der Waals surface area contributed by atoms with Gasteiger partial charge in [0.1, 0.15) is 49.4 Å². The maximum absolute atomic E-state index is 16.7. The van der Waals surface area contributed by atoms with Crippen molar-refractivity contribution in [3.63, 3.8) is 0 Å². The number of nitrogens with zero attached hydrogens (tertiary/aromatic N) is 12. The smallest absolute Gasteiger partial charge is 0.325 e. The van der Waals surface area contributed by atoms with Gasteiger partial charge in [0, 0.05) is 185 Å². The third-order valence-electron chi connectivity index (χ3n) is 20.5. The van der Waals surface area contributed by atoms with Crippen LogP contribution in [0.25, 0.3) is 0 Å². The largest absolute Gasteiger partial charge is 0.491 e. The van der Waals surface area contributed by atoms with E-state index in [1.165, 1.54) is 0 Å². The number of hydrogen-bond donors (Lipinski definition) is 0. The van der Waals surface area contributed by atoms with Crippen LogP contribution in [0.5, 0.6) is 23.0 Å². The second-order valence-electron chi connectivity index (χ2n) is 26.5. The molecule has 0 unspecified atom stereocenters. The fraction of sp³-hybridized carbons (Fsp3) is 0.425. The molecule has 2 saturated heterocycles. The minimum Gasteiger partial charge on any atom is -0.491 e. The van der Waals surface area contributed by atoms with E-state index in [2.05, 4.69) is 63.8 Å². The summed E-state index contributed by atoms with van der Waals surface area (Å²) < 4.78 is 53.4. The zero-order valence-electron chi connectivity index (χ0n) is 58.4. The third-order valence-corrected chi connectivity index (χ3v) is 20.5. The quantitative estimate of drug-likeness (QED) is 0.0703. The molecule has 22 heteroatoms. The average Bonchev–Trinajstić information content (AvgIpc) is 1.47. The number of pyridine rings is 4. The number of benzene rings is 4. The monoisotopic (exact) mass is 1380 g/mol. The minimum atomic E-state index is -1.47. The van der Waals surface area contributed by atoms with Crippen molar-refractivity contribution in [1.29, 1.82) is 0 Å². The Morgan fingerprint density at radius 2 is 0.588 bits per heavy atom. The highest BCUT2D eigenvalue weighted by Gasteiger charge is 2.81. The minimum absolute atomic E-state index is 0.0710. The summed E-state index contributed by atoms with van der Waals surface area (Å²) in [4.78, 5) is 69.4. The van der Waals surface area contributed by atoms with Crippen LogP contribution in [0.15, 0.2) is 183 Å². The Balaban J connectivity index is 0.781. The van der Waals surface area contributed by atoms with Gasteiger partial charge in [-0.15, -0.1) is 0 Å². The molecule has 0 spiro atoms. The summed E-state index contributed by atoms with van der Waals surface area (Å²) in [6.45, 7) is 13.6. The zero-order chi connectivity index (χ0) is 69.2. The van der Waals surface area contributed by atoms with E-state index in [1.54, 1.807) is 0 Å². The van der Waals surface area contributed by atoms with Gasteiger partial charge >= 0.3 is 12.1 Å². The Labute approximate surface area is 598 Å². The van der Waals surface area contributed by atoms with Gasteiger partial charge in [0.25, 0.3) is 0 Å². The number of aromatic nitrogens is 4. The van der Waals surface area contributed by atoms with Crippen molar-refractivity contribution in [2.45, 2.75) is 63.2 Å². The van der Waals surface area contributed by atoms with E-state index < -0.39 is 11.3 Å². The van der Waals surface area contributed by atoms with Crippen LogP contribution in [0, 0.1) is 0 Å². The van der Waals surface area contributed by atoms with E-state index in [4.69, 9.17) is 37.9 Å². The van der Waals surface area contributed by atoms with E-state index in [1.807, 2.05) is 178 Å². The molecular weight excluding hydrogens is 1290 g/mol. The predicted octanol–water partition coefficient (Wildman–Crippen LogP) is 8.96. The molecule has 534 valence electrons. The highest BCUT2D eigenvalue weighted by atomic mass is 16.5. The zero-order valence-corrected chi connectivity index (χ0v) is 58.4. The highest BCUT2D eigenvalue weighted by molar-refractivity contribution is 5.91. The first-order valence-electron chi connectivity index (χ1n) is 36.3. The molecule has 8 aromatic rings. The van der Waals surface area contributed by atoms with Crippen LogP contribution in [0.1, 0.15) is 56.2 Å². The van der Waals surface area contributed by atoms with Gasteiger partial charge in [-0.1, -0.05) is 84.9 Å². The molecule has 22 nitrogen and oxygen atoms in total. The molecule has 2 fully saturated rings. The van der Waals surface area contributed by atoms with Gasteiger partial charge in [0.15, 0.2) is 11.3 Å². The fourth-order valence-corrected chi connectivity index (χ4v) is 15.4. The Morgan fingerprint density at radius 3 is 0.853 bits per heavy atom. The number of carbonyl (C=O) groups excluding carboxylic acids is 2. The van der Waals surface area contributed by atoms with Crippen LogP contribution in [0.2, 0.25) is 0 Å². The molecule has 102 heavy (non-hydrogen) atoms. The summed E-state index contributed by atoms with van der Waals surface area (Å²) in [5.74, 6) is 2.30. The van der Waals surface area contributed by atoms with E-state index >= 15 is 9.59 Å². The summed E-state index contributed by atoms with van der Waals surface area (Å²) in [5, 5.41) is 0. The second-order valence-corrected chi connectivity index (χ2v) is 26.5. The molecule has 0 radical (unpaired) electrons. The lowest BCUT2D eigenvalue weighted by Gasteiger charge is -2.49. The van der Waals surface area contributed by atoms with Gasteiger partial charge in [-0.3, -0.25) is 49.3 Å². The summed E-state index contributed by atoms with van der Waals surface area (Å²) in [5.41, 5.74) is 5.86. The fourth-order valence-electron chi connectivity index (χ4n) is 15.4. The molecule has 0 aliphatic carbocycles. The van der Waals surface area contributed by atoms with Crippen molar-refractivity contribution in [2.24, 2.45) is 0 Å². The molecule has 6 aliphatic rings. The average molecular weight is 1380 g/mol. The number of urea groups is 2. The molecule has 10 heterocycles. The van der Waals surface area contributed by atoms with Crippen LogP contribution in [-0.4, -0.2) is 229 Å². The van der Waals surface area contributed by atoms with Gasteiger partial charge in [0.05, 0.1) is 79.0 Å². The number of amides is 4. The molecular formula is C80H94N12O10. The van der Waals surface area contributed by atoms with Gasteiger partial charge in [-0.2, -0.15) is 0 Å². The standard InChI is InChI=1S/C80H94N12O10/c93-77-89-59-69-70-60-90-78(94)92-62-72-71(61-91(77)80(92,64-17-5-2-6-18-64)79(89,90)63-15-3-1-4-16-63)75-25-26-76(72)102-58-54-98-50-46-88(42-40-86(37-29-67-21-9-13-33-83-67)38-30-68-22-10-14-34-84-68)44-48-96-52-56-100-74(70)24-23-73(69)99-55-51-95-47-43-87(45-49-97-53-57-101-75)41-39-85(35-27-65-19-7-11-31-81-65)36-28-66-20-8-12-32-82-66/h1-26,31-34H,27-30,35-62H2. The Hall–Kier alpha value is -9.10. The lowest BCUT2D eigenvalue weighted by atomic mass is 9.79. The molecule has 0 atom stereocenters. The third kappa shape index (κ3) is 15.8. The van der Waals surface area contributed by atoms with Crippen LogP contribution in [0.4, 0.5) is 9.59 Å². The van der Waals surface area contributed by atoms with Crippen molar-refractivity contribution in [1.82, 2.24) is 59.1 Å². The first kappa shape index (κ1) is 70.0. The maximum atomic E-state index is 16.7. The Bertz CT molecular complexity index is 3520. The van der Waals surface area contributed by atoms with Gasteiger partial charge in [-0.05, 0) is 72.8 Å². The van der Waals surface area contributed by atoms with E-state index in [-0.39, 0.29) is 64.7 Å². The Morgan fingerprint density at radius 1 is 0.314 bits per heavy atom.